The fourth-order valence-electron chi connectivity index (χ4n) is 2.79. The lowest BCUT2D eigenvalue weighted by molar-refractivity contribution is 0.262. The molecule has 2 heteroatoms. The van der Waals surface area contributed by atoms with E-state index in [4.69, 9.17) is 0 Å². The summed E-state index contributed by atoms with van der Waals surface area (Å²) in [6, 6.07) is 10.5. The molecule has 1 fully saturated rings. The minimum atomic E-state index is 0.553. The molecule has 2 rings (SSSR count). The van der Waals surface area contributed by atoms with E-state index in [1.54, 1.807) is 0 Å². The average molecular weight is 260 g/mol. The van der Waals surface area contributed by atoms with Crippen LogP contribution in [0.4, 0.5) is 5.69 Å². The maximum Gasteiger partial charge on any atom is 0.0340 e. The second-order valence-corrected chi connectivity index (χ2v) is 6.51. The zero-order valence-electron chi connectivity index (χ0n) is 12.5. The first kappa shape index (κ1) is 14.4. The highest BCUT2D eigenvalue weighted by Gasteiger charge is 2.22. The van der Waals surface area contributed by atoms with Gasteiger partial charge in [-0.1, -0.05) is 32.0 Å². The van der Waals surface area contributed by atoms with Crippen LogP contribution < -0.4 is 5.32 Å². The normalized spacial score (nSPS) is 19.9. The van der Waals surface area contributed by atoms with E-state index in [9.17, 15) is 0 Å². The molecule has 1 N–H and O–H groups in total. The highest BCUT2D eigenvalue weighted by molar-refractivity contribution is 5.42. The topological polar surface area (TPSA) is 15.3 Å². The van der Waals surface area contributed by atoms with Crippen molar-refractivity contribution in [2.75, 3.05) is 31.5 Å². The maximum atomic E-state index is 3.49. The summed E-state index contributed by atoms with van der Waals surface area (Å²) < 4.78 is 0. The molecule has 0 saturated carbocycles. The summed E-state index contributed by atoms with van der Waals surface area (Å²) in [6.45, 7) is 9.69. The van der Waals surface area contributed by atoms with Crippen LogP contribution in [0.15, 0.2) is 30.3 Å². The first-order valence-corrected chi connectivity index (χ1v) is 7.67. The van der Waals surface area contributed by atoms with Crippen molar-refractivity contribution >= 4 is 5.69 Å². The number of likely N-dealkylation sites (tertiary alicyclic amines) is 1. The molecule has 0 bridgehead atoms. The standard InChI is InChI=1S/C17H28N2/c1-17(2)10-6-13-19(15-11-17)14-7-12-18-16-8-4-3-5-9-16/h3-5,8-9,18H,6-7,10-15H2,1-2H3. The Morgan fingerprint density at radius 3 is 2.68 bits per heavy atom. The molecule has 0 radical (unpaired) electrons. The van der Waals surface area contributed by atoms with Crippen molar-refractivity contribution in [3.05, 3.63) is 30.3 Å². The van der Waals surface area contributed by atoms with Crippen LogP contribution in [0.3, 0.4) is 0 Å². The van der Waals surface area contributed by atoms with Gasteiger partial charge in [-0.3, -0.25) is 0 Å². The van der Waals surface area contributed by atoms with Crippen LogP contribution in [0.1, 0.15) is 39.5 Å². The van der Waals surface area contributed by atoms with Crippen molar-refractivity contribution in [3.63, 3.8) is 0 Å². The Morgan fingerprint density at radius 2 is 1.89 bits per heavy atom. The molecule has 1 saturated heterocycles. The summed E-state index contributed by atoms with van der Waals surface area (Å²) >= 11 is 0. The number of hydrogen-bond donors (Lipinski definition) is 1. The first-order chi connectivity index (χ1) is 9.16. The third-order valence-corrected chi connectivity index (χ3v) is 4.19. The van der Waals surface area contributed by atoms with E-state index in [0.717, 1.165) is 6.54 Å². The third-order valence-electron chi connectivity index (χ3n) is 4.19. The van der Waals surface area contributed by atoms with Gasteiger partial charge in [0.1, 0.15) is 0 Å². The fraction of sp³-hybridized carbons (Fsp3) is 0.647. The molecule has 0 aliphatic carbocycles. The lowest BCUT2D eigenvalue weighted by atomic mass is 9.85. The predicted molar refractivity (Wildman–Crippen MR) is 83.6 cm³/mol. The van der Waals surface area contributed by atoms with Gasteiger partial charge in [-0.2, -0.15) is 0 Å². The third kappa shape index (κ3) is 5.23. The van der Waals surface area contributed by atoms with E-state index in [0.29, 0.717) is 5.41 Å². The minimum absolute atomic E-state index is 0.553. The highest BCUT2D eigenvalue weighted by Crippen LogP contribution is 2.29. The first-order valence-electron chi connectivity index (χ1n) is 7.67. The van der Waals surface area contributed by atoms with Crippen LogP contribution in [0.5, 0.6) is 0 Å². The monoisotopic (exact) mass is 260 g/mol. The van der Waals surface area contributed by atoms with Crippen LogP contribution in [0, 0.1) is 5.41 Å². The SMILES string of the molecule is CC1(C)CCCN(CCCNc2ccccc2)CC1. The predicted octanol–water partition coefficient (Wildman–Crippen LogP) is 4.00. The molecule has 0 amide bonds. The summed E-state index contributed by atoms with van der Waals surface area (Å²) in [4.78, 5) is 2.64. The van der Waals surface area contributed by atoms with E-state index in [2.05, 4.69) is 54.4 Å². The van der Waals surface area contributed by atoms with Crippen molar-refractivity contribution in [1.82, 2.24) is 4.90 Å². The van der Waals surface area contributed by atoms with E-state index in [1.807, 2.05) is 0 Å². The van der Waals surface area contributed by atoms with Crippen molar-refractivity contribution < 1.29 is 0 Å². The van der Waals surface area contributed by atoms with Gasteiger partial charge >= 0.3 is 0 Å². The van der Waals surface area contributed by atoms with Gasteiger partial charge < -0.3 is 10.2 Å². The number of anilines is 1. The van der Waals surface area contributed by atoms with E-state index >= 15 is 0 Å². The van der Waals surface area contributed by atoms with Gasteiger partial charge in [-0.05, 0) is 62.9 Å². The molecule has 0 atom stereocenters. The molecule has 106 valence electrons. The number of nitrogens with one attached hydrogen (secondary N) is 1. The van der Waals surface area contributed by atoms with Crippen LogP contribution in [0.25, 0.3) is 0 Å². The van der Waals surface area contributed by atoms with Gasteiger partial charge in [0.05, 0.1) is 0 Å². The van der Waals surface area contributed by atoms with Crippen molar-refractivity contribution in [2.45, 2.75) is 39.5 Å². The van der Waals surface area contributed by atoms with Gasteiger partial charge in [-0.15, -0.1) is 0 Å². The van der Waals surface area contributed by atoms with Crippen LogP contribution in [0.2, 0.25) is 0 Å². The second kappa shape index (κ2) is 6.95. The molecule has 1 aromatic rings. The number of nitrogens with zero attached hydrogens (tertiary/aromatic N) is 1. The fourth-order valence-corrected chi connectivity index (χ4v) is 2.79. The summed E-state index contributed by atoms with van der Waals surface area (Å²) in [5, 5.41) is 3.49. The Hall–Kier alpha value is -1.02. The summed E-state index contributed by atoms with van der Waals surface area (Å²) in [6.07, 6.45) is 5.32. The molecule has 19 heavy (non-hydrogen) atoms. The molecule has 2 nitrogen and oxygen atoms in total. The number of rotatable bonds is 5. The quantitative estimate of drug-likeness (QED) is 0.805. The zero-order valence-corrected chi connectivity index (χ0v) is 12.5. The molecule has 1 aliphatic rings. The Kier molecular flexibility index (Phi) is 5.26. The molecular weight excluding hydrogens is 232 g/mol. The lowest BCUT2D eigenvalue weighted by Crippen LogP contribution is -2.27. The Labute approximate surface area is 118 Å². The van der Waals surface area contributed by atoms with Crippen LogP contribution in [-0.2, 0) is 0 Å². The summed E-state index contributed by atoms with van der Waals surface area (Å²) in [5.74, 6) is 0. The Morgan fingerprint density at radius 1 is 1.11 bits per heavy atom. The highest BCUT2D eigenvalue weighted by atomic mass is 15.1. The largest absolute Gasteiger partial charge is 0.385 e. The average Bonchev–Trinajstić information content (AvgIpc) is 2.57. The Bertz CT molecular complexity index is 359. The van der Waals surface area contributed by atoms with Gasteiger partial charge in [0, 0.05) is 12.2 Å². The van der Waals surface area contributed by atoms with Crippen LogP contribution in [-0.4, -0.2) is 31.1 Å². The molecular formula is C17H28N2. The van der Waals surface area contributed by atoms with Crippen molar-refractivity contribution in [2.24, 2.45) is 5.41 Å². The molecule has 0 unspecified atom stereocenters. The molecule has 1 aliphatic heterocycles. The van der Waals surface area contributed by atoms with Crippen molar-refractivity contribution in [1.29, 1.82) is 0 Å². The van der Waals surface area contributed by atoms with Gasteiger partial charge in [0.15, 0.2) is 0 Å². The van der Waals surface area contributed by atoms with E-state index in [-0.39, 0.29) is 0 Å². The second-order valence-electron chi connectivity index (χ2n) is 6.51. The van der Waals surface area contributed by atoms with Gasteiger partial charge in [-0.25, -0.2) is 0 Å². The molecule has 0 spiro atoms. The molecule has 1 aromatic carbocycles. The van der Waals surface area contributed by atoms with Gasteiger partial charge in [0.2, 0.25) is 0 Å². The Balaban J connectivity index is 1.63. The number of para-hydroxylation sites is 1. The van der Waals surface area contributed by atoms with Crippen molar-refractivity contribution in [3.8, 4) is 0 Å². The number of hydrogen-bond acceptors (Lipinski definition) is 2. The van der Waals surface area contributed by atoms with Crippen LogP contribution >= 0.6 is 0 Å². The molecule has 0 aromatic heterocycles. The number of benzene rings is 1. The smallest absolute Gasteiger partial charge is 0.0340 e. The minimum Gasteiger partial charge on any atom is -0.385 e. The van der Waals surface area contributed by atoms with E-state index in [1.165, 1.54) is 51.0 Å². The lowest BCUT2D eigenvalue weighted by Gasteiger charge is -2.23. The van der Waals surface area contributed by atoms with E-state index < -0.39 is 0 Å². The zero-order chi connectivity index (χ0) is 13.6. The maximum absolute atomic E-state index is 3.49. The summed E-state index contributed by atoms with van der Waals surface area (Å²) in [7, 11) is 0. The van der Waals surface area contributed by atoms with Gasteiger partial charge in [0.25, 0.3) is 0 Å². The molecule has 1 heterocycles. The summed E-state index contributed by atoms with van der Waals surface area (Å²) in [5.41, 5.74) is 1.79.